The molecule has 0 aliphatic rings. The lowest BCUT2D eigenvalue weighted by Crippen LogP contribution is -2.23. The Morgan fingerprint density at radius 1 is 0.731 bits per heavy atom. The highest BCUT2D eigenvalue weighted by Gasteiger charge is 2.01. The van der Waals surface area contributed by atoms with Crippen molar-refractivity contribution in [3.63, 3.8) is 0 Å². The Morgan fingerprint density at radius 3 is 1.69 bits per heavy atom. The zero-order chi connectivity index (χ0) is 19.3. The maximum Gasteiger partial charge on any atom is 0.219 e. The molecule has 2 nitrogen and oxygen atoms in total. The zero-order valence-electron chi connectivity index (χ0n) is 17.9. The molecule has 1 unspecified atom stereocenters. The van der Waals surface area contributed by atoms with Crippen LogP contribution in [0.1, 0.15) is 129 Å². The summed E-state index contributed by atoms with van der Waals surface area (Å²) >= 11 is 4.38. The Balaban J connectivity index is 3.14. The lowest BCUT2D eigenvalue weighted by Gasteiger charge is -2.06. The van der Waals surface area contributed by atoms with Gasteiger partial charge >= 0.3 is 0 Å². The zero-order valence-corrected chi connectivity index (χ0v) is 18.8. The lowest BCUT2D eigenvalue weighted by atomic mass is 10.0. The fraction of sp³-hybridized carbons (Fsp3) is 0.957. The SMILES string of the molecule is CCCCCCCCCCCCCCCC(=O)NCCCCCC(C)S. The predicted octanol–water partition coefficient (Wildman–Crippen LogP) is 7.46. The van der Waals surface area contributed by atoms with Crippen LogP contribution in [0.3, 0.4) is 0 Å². The van der Waals surface area contributed by atoms with Crippen LogP contribution in [-0.4, -0.2) is 17.7 Å². The van der Waals surface area contributed by atoms with Gasteiger partial charge in [-0.15, -0.1) is 0 Å². The van der Waals surface area contributed by atoms with Crippen molar-refractivity contribution in [3.05, 3.63) is 0 Å². The van der Waals surface area contributed by atoms with Gasteiger partial charge in [-0.3, -0.25) is 4.79 Å². The lowest BCUT2D eigenvalue weighted by molar-refractivity contribution is -0.121. The Kier molecular flexibility index (Phi) is 21.0. The van der Waals surface area contributed by atoms with Crippen molar-refractivity contribution >= 4 is 18.5 Å². The molecule has 0 saturated carbocycles. The smallest absolute Gasteiger partial charge is 0.219 e. The van der Waals surface area contributed by atoms with E-state index in [0.717, 1.165) is 19.4 Å². The minimum atomic E-state index is 0.246. The average molecular weight is 386 g/mol. The van der Waals surface area contributed by atoms with Crippen LogP contribution in [0, 0.1) is 0 Å². The topological polar surface area (TPSA) is 29.1 Å². The molecule has 1 amide bonds. The van der Waals surface area contributed by atoms with Gasteiger partial charge in [-0.05, 0) is 24.5 Å². The van der Waals surface area contributed by atoms with Gasteiger partial charge in [-0.25, -0.2) is 0 Å². The molecule has 0 heterocycles. The summed E-state index contributed by atoms with van der Waals surface area (Å²) < 4.78 is 0. The van der Waals surface area contributed by atoms with E-state index in [2.05, 4.69) is 31.8 Å². The van der Waals surface area contributed by atoms with E-state index < -0.39 is 0 Å². The van der Waals surface area contributed by atoms with E-state index >= 15 is 0 Å². The van der Waals surface area contributed by atoms with E-state index in [-0.39, 0.29) is 5.91 Å². The molecule has 0 saturated heterocycles. The predicted molar refractivity (Wildman–Crippen MR) is 120 cm³/mol. The van der Waals surface area contributed by atoms with Crippen LogP contribution in [0.5, 0.6) is 0 Å². The quantitative estimate of drug-likeness (QED) is 0.165. The second kappa shape index (κ2) is 21.1. The van der Waals surface area contributed by atoms with Crippen LogP contribution < -0.4 is 5.32 Å². The van der Waals surface area contributed by atoms with Crippen molar-refractivity contribution in [2.24, 2.45) is 0 Å². The van der Waals surface area contributed by atoms with Gasteiger partial charge in [-0.1, -0.05) is 104 Å². The maximum absolute atomic E-state index is 11.8. The van der Waals surface area contributed by atoms with Crippen molar-refractivity contribution in [2.45, 2.75) is 135 Å². The third-order valence-electron chi connectivity index (χ3n) is 5.13. The number of hydrogen-bond donors (Lipinski definition) is 2. The summed E-state index contributed by atoms with van der Waals surface area (Å²) in [6.07, 6.45) is 23.0. The number of unbranched alkanes of at least 4 members (excludes halogenated alkanes) is 14. The number of rotatable bonds is 20. The number of thiol groups is 1. The fourth-order valence-corrected chi connectivity index (χ4v) is 3.54. The highest BCUT2D eigenvalue weighted by Crippen LogP contribution is 2.13. The Morgan fingerprint density at radius 2 is 1.19 bits per heavy atom. The molecule has 0 aliphatic heterocycles. The minimum Gasteiger partial charge on any atom is -0.356 e. The highest BCUT2D eigenvalue weighted by atomic mass is 32.1. The van der Waals surface area contributed by atoms with Crippen molar-refractivity contribution < 1.29 is 4.79 Å². The van der Waals surface area contributed by atoms with Gasteiger partial charge in [-0.2, -0.15) is 12.6 Å². The molecule has 1 N–H and O–H groups in total. The Labute approximate surface area is 170 Å². The van der Waals surface area contributed by atoms with E-state index in [1.54, 1.807) is 0 Å². The number of amides is 1. The van der Waals surface area contributed by atoms with Crippen molar-refractivity contribution in [1.29, 1.82) is 0 Å². The van der Waals surface area contributed by atoms with Gasteiger partial charge in [0.15, 0.2) is 0 Å². The number of carbonyl (C=O) groups excluding carboxylic acids is 1. The summed E-state index contributed by atoms with van der Waals surface area (Å²) in [5.41, 5.74) is 0. The minimum absolute atomic E-state index is 0.246. The first-order valence-corrected chi connectivity index (χ1v) is 12.1. The molecule has 0 aromatic rings. The second-order valence-corrected chi connectivity index (χ2v) is 8.92. The number of hydrogen-bond acceptors (Lipinski definition) is 2. The second-order valence-electron chi connectivity index (χ2n) is 8.04. The van der Waals surface area contributed by atoms with Crippen LogP contribution in [0.4, 0.5) is 0 Å². The van der Waals surface area contributed by atoms with E-state index in [9.17, 15) is 4.79 Å². The van der Waals surface area contributed by atoms with E-state index in [0.29, 0.717) is 11.7 Å². The molecular weight excluding hydrogens is 338 g/mol. The van der Waals surface area contributed by atoms with Gasteiger partial charge in [0.1, 0.15) is 0 Å². The Hall–Kier alpha value is -0.180. The molecule has 0 bridgehead atoms. The van der Waals surface area contributed by atoms with Crippen LogP contribution in [0.2, 0.25) is 0 Å². The molecule has 0 fully saturated rings. The van der Waals surface area contributed by atoms with Crippen LogP contribution >= 0.6 is 12.6 Å². The summed E-state index contributed by atoms with van der Waals surface area (Å²) in [4.78, 5) is 11.8. The first-order chi connectivity index (χ1) is 12.7. The number of carbonyl (C=O) groups is 1. The molecule has 0 aromatic heterocycles. The number of nitrogens with one attached hydrogen (secondary N) is 1. The average Bonchev–Trinajstić information content (AvgIpc) is 2.61. The first-order valence-electron chi connectivity index (χ1n) is 11.6. The molecule has 0 rings (SSSR count). The molecule has 3 heteroatoms. The normalized spacial score (nSPS) is 12.3. The molecule has 0 radical (unpaired) electrons. The summed E-state index contributed by atoms with van der Waals surface area (Å²) in [6, 6.07) is 0. The van der Waals surface area contributed by atoms with Gasteiger partial charge in [0.25, 0.3) is 0 Å². The van der Waals surface area contributed by atoms with Gasteiger partial charge in [0, 0.05) is 13.0 Å². The molecule has 1 atom stereocenters. The van der Waals surface area contributed by atoms with Crippen LogP contribution in [0.15, 0.2) is 0 Å². The summed E-state index contributed by atoms with van der Waals surface area (Å²) in [5.74, 6) is 0.246. The van der Waals surface area contributed by atoms with Gasteiger partial charge in [0.05, 0.1) is 0 Å². The summed E-state index contributed by atoms with van der Waals surface area (Å²) in [5, 5.41) is 3.56. The molecule has 156 valence electrons. The molecule has 26 heavy (non-hydrogen) atoms. The summed E-state index contributed by atoms with van der Waals surface area (Å²) in [6.45, 7) is 5.26. The van der Waals surface area contributed by atoms with Crippen LogP contribution in [-0.2, 0) is 4.79 Å². The largest absolute Gasteiger partial charge is 0.356 e. The standard InChI is InChI=1S/C23H47NOS/c1-3-4-5-6-7-8-9-10-11-12-13-14-17-20-23(25)24-21-18-15-16-19-22(2)26/h22,26H,3-21H2,1-2H3,(H,24,25). The monoisotopic (exact) mass is 385 g/mol. The molecule has 0 spiro atoms. The highest BCUT2D eigenvalue weighted by molar-refractivity contribution is 7.80. The third-order valence-corrected chi connectivity index (χ3v) is 5.39. The van der Waals surface area contributed by atoms with Crippen molar-refractivity contribution in [3.8, 4) is 0 Å². The fourth-order valence-electron chi connectivity index (χ4n) is 3.36. The molecular formula is C23H47NOS. The molecule has 0 aliphatic carbocycles. The Bertz CT molecular complexity index is 294. The first kappa shape index (κ1) is 25.8. The van der Waals surface area contributed by atoms with E-state index in [1.807, 2.05) is 0 Å². The third kappa shape index (κ3) is 21.9. The summed E-state index contributed by atoms with van der Waals surface area (Å²) in [7, 11) is 0. The van der Waals surface area contributed by atoms with E-state index in [1.165, 1.54) is 96.3 Å². The molecule has 0 aromatic carbocycles. The maximum atomic E-state index is 11.8. The van der Waals surface area contributed by atoms with Gasteiger partial charge < -0.3 is 5.32 Å². The van der Waals surface area contributed by atoms with Crippen molar-refractivity contribution in [1.82, 2.24) is 5.32 Å². The van der Waals surface area contributed by atoms with Crippen LogP contribution in [0.25, 0.3) is 0 Å². The van der Waals surface area contributed by atoms with Crippen molar-refractivity contribution in [2.75, 3.05) is 6.54 Å². The van der Waals surface area contributed by atoms with Gasteiger partial charge in [0.2, 0.25) is 5.91 Å². The van der Waals surface area contributed by atoms with E-state index in [4.69, 9.17) is 0 Å².